The zero-order valence-electron chi connectivity index (χ0n) is 16.3. The van der Waals surface area contributed by atoms with Gasteiger partial charge in [0.2, 0.25) is 0 Å². The van der Waals surface area contributed by atoms with Crippen LogP contribution in [0.25, 0.3) is 11.8 Å². The Bertz CT molecular complexity index is 1150. The molecule has 0 bridgehead atoms. The van der Waals surface area contributed by atoms with Crippen LogP contribution in [0.2, 0.25) is 0 Å². The van der Waals surface area contributed by atoms with Crippen molar-refractivity contribution in [2.45, 2.75) is 6.92 Å². The lowest BCUT2D eigenvalue weighted by Gasteiger charge is -2.21. The first-order valence-electron chi connectivity index (χ1n) is 9.58. The first kappa shape index (κ1) is 20.9. The van der Waals surface area contributed by atoms with Crippen LogP contribution in [0.4, 0.5) is 5.69 Å². The van der Waals surface area contributed by atoms with Gasteiger partial charge in [0.1, 0.15) is 5.75 Å². The molecule has 1 aliphatic heterocycles. The van der Waals surface area contributed by atoms with Crippen molar-refractivity contribution in [3.05, 3.63) is 104 Å². The molecule has 1 aliphatic rings. The van der Waals surface area contributed by atoms with Crippen molar-refractivity contribution in [2.24, 2.45) is 0 Å². The highest BCUT2D eigenvalue weighted by molar-refractivity contribution is 14.1. The van der Waals surface area contributed by atoms with Gasteiger partial charge < -0.3 is 4.74 Å². The Hall–Kier alpha value is -2.38. The quantitative estimate of drug-likeness (QED) is 0.246. The van der Waals surface area contributed by atoms with Gasteiger partial charge in [0.25, 0.3) is 5.91 Å². The van der Waals surface area contributed by atoms with Crippen LogP contribution in [0.5, 0.6) is 5.75 Å². The number of nitrogens with zero attached hydrogens (tertiary/aromatic N) is 1. The van der Waals surface area contributed by atoms with Gasteiger partial charge >= 0.3 is 0 Å². The Morgan fingerprint density at radius 3 is 2.53 bits per heavy atom. The molecule has 1 heterocycles. The van der Waals surface area contributed by atoms with Gasteiger partial charge in [0.15, 0.2) is 0 Å². The maximum absolute atomic E-state index is 13.4. The molecular formula is C25H19BrINO2. The largest absolute Gasteiger partial charge is 0.493 e. The van der Waals surface area contributed by atoms with Gasteiger partial charge in [-0.1, -0.05) is 42.5 Å². The Morgan fingerprint density at radius 1 is 1.03 bits per heavy atom. The molecule has 0 aliphatic carbocycles. The summed E-state index contributed by atoms with van der Waals surface area (Å²) in [5.41, 5.74) is 4.31. The second-order valence-electron chi connectivity index (χ2n) is 6.74. The third-order valence-electron chi connectivity index (χ3n) is 4.70. The number of hydrogen-bond donors (Lipinski definition) is 0. The van der Waals surface area contributed by atoms with Crippen molar-refractivity contribution in [1.29, 1.82) is 0 Å². The van der Waals surface area contributed by atoms with E-state index in [1.807, 2.05) is 91.9 Å². The average Bonchev–Trinajstić information content (AvgIpc) is 3.07. The summed E-state index contributed by atoms with van der Waals surface area (Å²) in [6, 6.07) is 23.8. The Morgan fingerprint density at radius 2 is 1.83 bits per heavy atom. The molecule has 3 aromatic carbocycles. The Balaban J connectivity index is 1.78. The maximum atomic E-state index is 13.4. The number of carbonyl (C=O) groups excluding carboxylic acids is 1. The van der Waals surface area contributed by atoms with Crippen molar-refractivity contribution in [2.75, 3.05) is 11.5 Å². The zero-order chi connectivity index (χ0) is 21.1. The molecule has 0 radical (unpaired) electrons. The number of rotatable bonds is 5. The summed E-state index contributed by atoms with van der Waals surface area (Å²) in [4.78, 5) is 15.2. The summed E-state index contributed by atoms with van der Waals surface area (Å²) in [5, 5.41) is 0. The van der Waals surface area contributed by atoms with E-state index in [1.54, 1.807) is 4.90 Å². The van der Waals surface area contributed by atoms with Crippen molar-refractivity contribution in [3.8, 4) is 5.75 Å². The van der Waals surface area contributed by atoms with Crippen LogP contribution in [-0.4, -0.2) is 12.5 Å². The Labute approximate surface area is 198 Å². The standard InChI is InChI=1S/C25H19BrINO2/c1-2-30-24-12-11-17(14-22(24)26)13-19-15-23(18-7-4-3-5-8-18)28(25(19)29)21-10-6-9-20(27)16-21/h3-16H,2H2,1H3/b19-13+. The molecule has 0 aromatic heterocycles. The number of halogens is 2. The summed E-state index contributed by atoms with van der Waals surface area (Å²) in [5.74, 6) is 0.749. The lowest BCUT2D eigenvalue weighted by molar-refractivity contribution is -0.113. The highest BCUT2D eigenvalue weighted by Crippen LogP contribution is 2.36. The normalized spacial score (nSPS) is 14.9. The molecule has 0 unspecified atom stereocenters. The van der Waals surface area contributed by atoms with E-state index in [1.165, 1.54) is 0 Å². The minimum Gasteiger partial charge on any atom is -0.493 e. The number of anilines is 1. The van der Waals surface area contributed by atoms with Crippen LogP contribution in [0.15, 0.2) is 88.9 Å². The first-order chi connectivity index (χ1) is 14.6. The minimum atomic E-state index is -0.0409. The monoisotopic (exact) mass is 571 g/mol. The molecule has 1 amide bonds. The molecule has 30 heavy (non-hydrogen) atoms. The summed E-state index contributed by atoms with van der Waals surface area (Å²) in [6.07, 6.45) is 3.88. The average molecular weight is 572 g/mol. The third kappa shape index (κ3) is 4.37. The van der Waals surface area contributed by atoms with Gasteiger partial charge in [-0.25, -0.2) is 0 Å². The summed E-state index contributed by atoms with van der Waals surface area (Å²) in [6.45, 7) is 2.56. The van der Waals surface area contributed by atoms with Gasteiger partial charge in [-0.3, -0.25) is 9.69 Å². The second-order valence-corrected chi connectivity index (χ2v) is 8.84. The van der Waals surface area contributed by atoms with E-state index in [9.17, 15) is 4.79 Å². The highest BCUT2D eigenvalue weighted by Gasteiger charge is 2.30. The van der Waals surface area contributed by atoms with Crippen LogP contribution in [-0.2, 0) is 4.79 Å². The molecule has 0 spiro atoms. The van der Waals surface area contributed by atoms with E-state index in [-0.39, 0.29) is 5.91 Å². The van der Waals surface area contributed by atoms with E-state index in [2.05, 4.69) is 38.5 Å². The van der Waals surface area contributed by atoms with Gasteiger partial charge in [0, 0.05) is 9.14 Å². The van der Waals surface area contributed by atoms with E-state index in [4.69, 9.17) is 4.74 Å². The topological polar surface area (TPSA) is 29.5 Å². The predicted molar refractivity (Wildman–Crippen MR) is 134 cm³/mol. The molecule has 0 N–H and O–H groups in total. The van der Waals surface area contributed by atoms with Crippen molar-refractivity contribution >= 4 is 61.9 Å². The van der Waals surface area contributed by atoms with Crippen molar-refractivity contribution in [1.82, 2.24) is 0 Å². The predicted octanol–water partition coefficient (Wildman–Crippen LogP) is 6.92. The smallest absolute Gasteiger partial charge is 0.262 e. The van der Waals surface area contributed by atoms with Gasteiger partial charge in [-0.05, 0) is 99.1 Å². The van der Waals surface area contributed by atoms with E-state index < -0.39 is 0 Å². The van der Waals surface area contributed by atoms with Gasteiger partial charge in [0.05, 0.1) is 22.5 Å². The molecule has 3 nitrogen and oxygen atoms in total. The number of carbonyl (C=O) groups is 1. The second kappa shape index (κ2) is 9.18. The van der Waals surface area contributed by atoms with E-state index in [0.29, 0.717) is 12.2 Å². The molecule has 0 saturated carbocycles. The van der Waals surface area contributed by atoms with Crippen molar-refractivity contribution < 1.29 is 9.53 Å². The number of amides is 1. The zero-order valence-corrected chi connectivity index (χ0v) is 20.1. The van der Waals surface area contributed by atoms with Crippen LogP contribution >= 0.6 is 38.5 Å². The molecule has 4 rings (SSSR count). The lowest BCUT2D eigenvalue weighted by Crippen LogP contribution is -2.25. The van der Waals surface area contributed by atoms with Crippen molar-refractivity contribution in [3.63, 3.8) is 0 Å². The Kier molecular flexibility index (Phi) is 6.39. The number of benzene rings is 3. The summed E-state index contributed by atoms with van der Waals surface area (Å²) in [7, 11) is 0. The summed E-state index contributed by atoms with van der Waals surface area (Å²) < 4.78 is 7.54. The van der Waals surface area contributed by atoms with E-state index in [0.717, 1.165) is 36.3 Å². The van der Waals surface area contributed by atoms with Crippen LogP contribution in [0.1, 0.15) is 18.1 Å². The molecule has 0 fully saturated rings. The molecule has 3 aromatic rings. The van der Waals surface area contributed by atoms with Gasteiger partial charge in [-0.15, -0.1) is 0 Å². The molecule has 0 saturated heterocycles. The summed E-state index contributed by atoms with van der Waals surface area (Å²) >= 11 is 5.82. The molecule has 0 atom stereocenters. The SMILES string of the molecule is CCOc1ccc(/C=C2\C=C(c3ccccc3)N(c3cccc(I)c3)C2=O)cc1Br. The lowest BCUT2D eigenvalue weighted by atomic mass is 10.1. The maximum Gasteiger partial charge on any atom is 0.262 e. The van der Waals surface area contributed by atoms with E-state index >= 15 is 0 Å². The third-order valence-corrected chi connectivity index (χ3v) is 5.99. The highest BCUT2D eigenvalue weighted by atomic mass is 127. The fourth-order valence-corrected chi connectivity index (χ4v) is 4.40. The van der Waals surface area contributed by atoms with Crippen LogP contribution in [0.3, 0.4) is 0 Å². The minimum absolute atomic E-state index is 0.0409. The van der Waals surface area contributed by atoms with Crippen LogP contribution in [0, 0.1) is 3.57 Å². The fourth-order valence-electron chi connectivity index (χ4n) is 3.37. The first-order valence-corrected chi connectivity index (χ1v) is 11.4. The van der Waals surface area contributed by atoms with Gasteiger partial charge in [-0.2, -0.15) is 0 Å². The molecular weight excluding hydrogens is 553 g/mol. The fraction of sp³-hybridized carbons (Fsp3) is 0.0800. The number of ether oxygens (including phenoxy) is 1. The number of hydrogen-bond acceptors (Lipinski definition) is 2. The molecule has 150 valence electrons. The van der Waals surface area contributed by atoms with Crippen LogP contribution < -0.4 is 9.64 Å². The molecule has 5 heteroatoms.